The Kier molecular flexibility index (Phi) is 7.43. The zero-order chi connectivity index (χ0) is 24.2. The number of fused-ring (bicyclic) bond motifs is 2. The maximum Gasteiger partial charge on any atom is 0.251 e. The topological polar surface area (TPSA) is 35.6 Å². The number of halogens is 2. The van der Waals surface area contributed by atoms with Gasteiger partial charge in [0.25, 0.3) is 5.91 Å². The lowest BCUT2D eigenvalue weighted by Crippen LogP contribution is -2.46. The highest BCUT2D eigenvalue weighted by molar-refractivity contribution is 6.43. The van der Waals surface area contributed by atoms with Crippen LogP contribution >= 0.6 is 23.2 Å². The van der Waals surface area contributed by atoms with Crippen LogP contribution in [-0.2, 0) is 0 Å². The van der Waals surface area contributed by atoms with Gasteiger partial charge in [-0.15, -0.1) is 0 Å². The van der Waals surface area contributed by atoms with Crippen molar-refractivity contribution in [2.24, 2.45) is 0 Å². The minimum absolute atomic E-state index is 0.00195. The molecule has 1 heterocycles. The zero-order valence-electron chi connectivity index (χ0n) is 19.6. The van der Waals surface area contributed by atoms with E-state index in [9.17, 15) is 4.79 Å². The number of hydrogen-bond donors (Lipinski definition) is 1. The number of carbonyl (C=O) groups is 1. The normalized spacial score (nSPS) is 14.5. The van der Waals surface area contributed by atoms with Gasteiger partial charge >= 0.3 is 0 Å². The van der Waals surface area contributed by atoms with E-state index in [-0.39, 0.29) is 5.91 Å². The number of benzene rings is 4. The van der Waals surface area contributed by atoms with Crippen LogP contribution in [-0.4, -0.2) is 50.1 Å². The quantitative estimate of drug-likeness (QED) is 0.226. The highest BCUT2D eigenvalue weighted by Gasteiger charge is 2.19. The first kappa shape index (κ1) is 23.9. The molecule has 0 aromatic heterocycles. The molecule has 0 spiro atoms. The van der Waals surface area contributed by atoms with Gasteiger partial charge in [0.2, 0.25) is 0 Å². The van der Waals surface area contributed by atoms with Gasteiger partial charge in [-0.1, -0.05) is 65.7 Å². The molecule has 1 aliphatic heterocycles. The molecule has 0 saturated carbocycles. The van der Waals surface area contributed by atoms with E-state index >= 15 is 0 Å². The maximum atomic E-state index is 12.9. The lowest BCUT2D eigenvalue weighted by Gasteiger charge is -2.36. The van der Waals surface area contributed by atoms with Crippen molar-refractivity contribution in [2.45, 2.75) is 12.8 Å². The van der Waals surface area contributed by atoms with Gasteiger partial charge in [0.15, 0.2) is 0 Å². The van der Waals surface area contributed by atoms with E-state index in [1.165, 1.54) is 5.39 Å². The van der Waals surface area contributed by atoms with Crippen molar-refractivity contribution in [3.63, 3.8) is 0 Å². The summed E-state index contributed by atoms with van der Waals surface area (Å²) in [5.74, 6) is -0.00195. The number of nitrogens with one attached hydrogen (secondary N) is 1. The number of rotatable bonds is 7. The molecule has 1 amide bonds. The van der Waals surface area contributed by atoms with Gasteiger partial charge in [-0.05, 0) is 71.3 Å². The van der Waals surface area contributed by atoms with Crippen LogP contribution in [0.2, 0.25) is 10.0 Å². The lowest BCUT2D eigenvalue weighted by atomic mass is 9.99. The molecule has 0 aliphatic carbocycles. The summed E-state index contributed by atoms with van der Waals surface area (Å²) in [6, 6.07) is 24.3. The first-order chi connectivity index (χ1) is 17.1. The van der Waals surface area contributed by atoms with Crippen molar-refractivity contribution in [1.82, 2.24) is 10.2 Å². The Bertz CT molecular complexity index is 1350. The molecule has 1 aliphatic rings. The monoisotopic (exact) mass is 505 g/mol. The molecule has 35 heavy (non-hydrogen) atoms. The van der Waals surface area contributed by atoms with Gasteiger partial charge in [0.1, 0.15) is 0 Å². The summed E-state index contributed by atoms with van der Waals surface area (Å²) < 4.78 is 0. The van der Waals surface area contributed by atoms with E-state index in [4.69, 9.17) is 23.2 Å². The van der Waals surface area contributed by atoms with E-state index in [0.29, 0.717) is 16.6 Å². The molecule has 180 valence electrons. The number of unbranched alkanes of at least 4 members (excludes halogenated alkanes) is 1. The molecule has 0 atom stereocenters. The summed E-state index contributed by atoms with van der Waals surface area (Å²) in [5, 5.41) is 8.80. The Morgan fingerprint density at radius 1 is 0.800 bits per heavy atom. The Morgan fingerprint density at radius 2 is 1.51 bits per heavy atom. The average molecular weight is 506 g/mol. The van der Waals surface area contributed by atoms with Gasteiger partial charge < -0.3 is 10.2 Å². The molecule has 0 bridgehead atoms. The number of hydrogen-bond acceptors (Lipinski definition) is 3. The van der Waals surface area contributed by atoms with Crippen LogP contribution in [0.3, 0.4) is 0 Å². The predicted octanol–water partition coefficient (Wildman–Crippen LogP) is 6.63. The summed E-state index contributed by atoms with van der Waals surface area (Å²) in [6.45, 7) is 5.59. The summed E-state index contributed by atoms with van der Waals surface area (Å²) in [6.07, 6.45) is 2.01. The molecular formula is C29H29Cl2N3O. The third kappa shape index (κ3) is 5.40. The predicted molar refractivity (Wildman–Crippen MR) is 148 cm³/mol. The summed E-state index contributed by atoms with van der Waals surface area (Å²) >= 11 is 12.6. The Morgan fingerprint density at radius 3 is 2.31 bits per heavy atom. The van der Waals surface area contributed by atoms with Gasteiger partial charge in [-0.25, -0.2) is 0 Å². The third-order valence-electron chi connectivity index (χ3n) is 6.82. The van der Waals surface area contributed by atoms with Crippen LogP contribution in [0.4, 0.5) is 5.69 Å². The fourth-order valence-electron chi connectivity index (χ4n) is 4.87. The summed E-state index contributed by atoms with van der Waals surface area (Å²) in [7, 11) is 0. The zero-order valence-corrected chi connectivity index (χ0v) is 21.2. The van der Waals surface area contributed by atoms with Crippen LogP contribution < -0.4 is 10.2 Å². The van der Waals surface area contributed by atoms with E-state index in [0.717, 1.165) is 73.0 Å². The molecule has 0 unspecified atom stereocenters. The molecule has 6 heteroatoms. The van der Waals surface area contributed by atoms with Crippen molar-refractivity contribution < 1.29 is 4.79 Å². The Labute approximate surface area is 216 Å². The van der Waals surface area contributed by atoms with Gasteiger partial charge in [0, 0.05) is 38.3 Å². The number of nitrogens with zero attached hydrogens (tertiary/aromatic N) is 2. The summed E-state index contributed by atoms with van der Waals surface area (Å²) in [5.41, 5.74) is 1.76. The second-order valence-corrected chi connectivity index (χ2v) is 9.88. The van der Waals surface area contributed by atoms with Gasteiger partial charge in [-0.3, -0.25) is 9.69 Å². The van der Waals surface area contributed by atoms with Crippen LogP contribution in [0, 0.1) is 0 Å². The number of carbonyl (C=O) groups excluding carboxylic acids is 1. The maximum absolute atomic E-state index is 12.9. The van der Waals surface area contributed by atoms with Crippen LogP contribution in [0.1, 0.15) is 23.2 Å². The van der Waals surface area contributed by atoms with Crippen molar-refractivity contribution in [2.75, 3.05) is 44.2 Å². The number of amides is 1. The molecule has 4 nitrogen and oxygen atoms in total. The fraction of sp³-hybridized carbons (Fsp3) is 0.276. The average Bonchev–Trinajstić information content (AvgIpc) is 2.89. The molecule has 1 N–H and O–H groups in total. The Hall–Kier alpha value is -2.79. The highest BCUT2D eigenvalue weighted by atomic mass is 35.5. The second kappa shape index (κ2) is 10.9. The number of anilines is 1. The van der Waals surface area contributed by atoms with Crippen LogP contribution in [0.25, 0.3) is 21.5 Å². The third-order valence-corrected chi connectivity index (χ3v) is 7.63. The first-order valence-electron chi connectivity index (χ1n) is 12.2. The molecule has 0 radical (unpaired) electrons. The smallest absolute Gasteiger partial charge is 0.251 e. The molecule has 1 saturated heterocycles. The molecule has 5 rings (SSSR count). The van der Waals surface area contributed by atoms with Crippen molar-refractivity contribution in [3.8, 4) is 0 Å². The van der Waals surface area contributed by atoms with Crippen molar-refractivity contribution in [1.29, 1.82) is 0 Å². The van der Waals surface area contributed by atoms with Crippen LogP contribution in [0.15, 0.2) is 72.8 Å². The van der Waals surface area contributed by atoms with Crippen LogP contribution in [0.5, 0.6) is 0 Å². The molecule has 1 fully saturated rings. The molecular weight excluding hydrogens is 477 g/mol. The summed E-state index contributed by atoms with van der Waals surface area (Å²) in [4.78, 5) is 17.7. The molecule has 4 aromatic carbocycles. The highest BCUT2D eigenvalue weighted by Crippen LogP contribution is 2.33. The minimum Gasteiger partial charge on any atom is -0.368 e. The SMILES string of the molecule is O=C(NCCCCN1CCN(c2cccc(Cl)c2Cl)CC1)c1cccc2cc3ccccc3cc12. The largest absolute Gasteiger partial charge is 0.368 e. The van der Waals surface area contributed by atoms with Gasteiger partial charge in [0.05, 0.1) is 15.7 Å². The minimum atomic E-state index is -0.00195. The van der Waals surface area contributed by atoms with Gasteiger partial charge in [-0.2, -0.15) is 0 Å². The van der Waals surface area contributed by atoms with E-state index in [1.807, 2.05) is 42.5 Å². The van der Waals surface area contributed by atoms with Crippen molar-refractivity contribution in [3.05, 3.63) is 88.4 Å². The standard InChI is InChI=1S/C29H29Cl2N3O/c30-26-11-6-12-27(28(26)31)34-17-15-33(16-18-34)14-4-3-13-32-29(35)24-10-5-9-23-19-21-7-1-2-8-22(21)20-25(23)24/h1-2,5-12,19-20H,3-4,13-18H2,(H,32,35). The lowest BCUT2D eigenvalue weighted by molar-refractivity contribution is 0.0954. The van der Waals surface area contributed by atoms with Crippen molar-refractivity contribution >= 4 is 56.3 Å². The molecule has 4 aromatic rings. The second-order valence-electron chi connectivity index (χ2n) is 9.09. The van der Waals surface area contributed by atoms with E-state index in [2.05, 4.69) is 45.4 Å². The Balaban J connectivity index is 1.09. The van der Waals surface area contributed by atoms with E-state index < -0.39 is 0 Å². The number of piperazine rings is 1. The first-order valence-corrected chi connectivity index (χ1v) is 13.0. The van der Waals surface area contributed by atoms with E-state index in [1.54, 1.807) is 0 Å². The fourth-order valence-corrected chi connectivity index (χ4v) is 5.29.